The number of hydrogen-bond donors (Lipinski definition) is 0. The van der Waals surface area contributed by atoms with Gasteiger partial charge in [0.15, 0.2) is 5.78 Å². The largest absolute Gasteiger partial charge is 0.334 e. The fourth-order valence-corrected chi connectivity index (χ4v) is 6.19. The van der Waals surface area contributed by atoms with Gasteiger partial charge in [-0.05, 0) is 35.1 Å². The van der Waals surface area contributed by atoms with Crippen molar-refractivity contribution >= 4 is 11.7 Å². The lowest BCUT2D eigenvalue weighted by atomic mass is 9.94. The van der Waals surface area contributed by atoms with Crippen LogP contribution in [0.2, 0.25) is 0 Å². The minimum atomic E-state index is -0.296. The van der Waals surface area contributed by atoms with Crippen molar-refractivity contribution < 1.29 is 9.59 Å². The van der Waals surface area contributed by atoms with Gasteiger partial charge in [-0.3, -0.25) is 14.5 Å². The monoisotopic (exact) mass is 571 g/mol. The van der Waals surface area contributed by atoms with Crippen molar-refractivity contribution in [2.75, 3.05) is 19.6 Å². The summed E-state index contributed by atoms with van der Waals surface area (Å²) in [6, 6.07) is 36.7. The second-order valence-corrected chi connectivity index (χ2v) is 11.5. The van der Waals surface area contributed by atoms with E-state index >= 15 is 0 Å². The lowest BCUT2D eigenvalue weighted by Gasteiger charge is -2.38. The average Bonchev–Trinajstić information content (AvgIpc) is 3.48. The molecular formula is C36H37N5O2. The molecule has 1 saturated heterocycles. The molecule has 0 spiro atoms. The summed E-state index contributed by atoms with van der Waals surface area (Å²) >= 11 is 0. The van der Waals surface area contributed by atoms with Gasteiger partial charge < -0.3 is 4.90 Å². The Morgan fingerprint density at radius 3 is 1.93 bits per heavy atom. The van der Waals surface area contributed by atoms with Crippen LogP contribution in [0.1, 0.15) is 63.7 Å². The van der Waals surface area contributed by atoms with Gasteiger partial charge >= 0.3 is 0 Å². The lowest BCUT2D eigenvalue weighted by Crippen LogP contribution is -2.43. The van der Waals surface area contributed by atoms with Gasteiger partial charge in [-0.2, -0.15) is 0 Å². The highest BCUT2D eigenvalue weighted by Gasteiger charge is 2.41. The summed E-state index contributed by atoms with van der Waals surface area (Å²) in [5.41, 5.74) is 12.8. The van der Waals surface area contributed by atoms with Crippen LogP contribution in [-0.4, -0.2) is 53.2 Å². The summed E-state index contributed by atoms with van der Waals surface area (Å²) in [7, 11) is 0. The first-order valence-corrected chi connectivity index (χ1v) is 14.8. The Kier molecular flexibility index (Phi) is 9.67. The molecule has 0 unspecified atom stereocenters. The zero-order valence-corrected chi connectivity index (χ0v) is 24.7. The summed E-state index contributed by atoms with van der Waals surface area (Å²) in [6.45, 7) is 5.87. The van der Waals surface area contributed by atoms with E-state index in [1.54, 1.807) is 36.4 Å². The molecule has 0 bridgehead atoms. The van der Waals surface area contributed by atoms with Crippen LogP contribution in [-0.2, 0) is 0 Å². The molecule has 0 radical (unpaired) electrons. The Balaban J connectivity index is 1.52. The summed E-state index contributed by atoms with van der Waals surface area (Å²) < 4.78 is 0. The van der Waals surface area contributed by atoms with E-state index in [1.807, 2.05) is 35.2 Å². The standard InChI is InChI=1S/C36H37N5O2/c1-26(2)24-40(34(27-14-6-3-7-15-27)28-16-8-4-9-17-28)31-22-30(23-38-39-37)41(25-31)36(43)33-21-13-12-20-32(33)35(42)29-18-10-5-11-19-29/h3-21,26,30-31,34H,22-25H2,1-2H3/t30-,31+/m0/s1. The van der Waals surface area contributed by atoms with Gasteiger partial charge in [-0.15, -0.1) is 0 Å². The maximum Gasteiger partial charge on any atom is 0.254 e. The number of amides is 1. The number of ketones is 1. The van der Waals surface area contributed by atoms with Crippen molar-refractivity contribution in [2.24, 2.45) is 11.0 Å². The van der Waals surface area contributed by atoms with Gasteiger partial charge in [-0.1, -0.05) is 128 Å². The Hall–Kier alpha value is -4.71. The van der Waals surface area contributed by atoms with Crippen LogP contribution in [0.25, 0.3) is 10.4 Å². The quantitative estimate of drug-likeness (QED) is 0.0805. The lowest BCUT2D eigenvalue weighted by molar-refractivity contribution is 0.0716. The third-order valence-electron chi connectivity index (χ3n) is 8.05. The molecule has 4 aromatic rings. The molecule has 1 amide bonds. The van der Waals surface area contributed by atoms with Gasteiger partial charge in [0, 0.05) is 47.8 Å². The van der Waals surface area contributed by atoms with Crippen LogP contribution >= 0.6 is 0 Å². The number of likely N-dealkylation sites (tertiary alicyclic amines) is 1. The molecular weight excluding hydrogens is 534 g/mol. The molecule has 0 aliphatic carbocycles. The second kappa shape index (κ2) is 14.0. The maximum atomic E-state index is 14.3. The number of hydrogen-bond acceptors (Lipinski definition) is 4. The molecule has 2 atom stereocenters. The summed E-state index contributed by atoms with van der Waals surface area (Å²) in [5.74, 6) is -0.0398. The van der Waals surface area contributed by atoms with Gasteiger partial charge in [-0.25, -0.2) is 0 Å². The summed E-state index contributed by atoms with van der Waals surface area (Å²) in [6.07, 6.45) is 0.655. The van der Waals surface area contributed by atoms with E-state index in [0.717, 1.165) is 6.54 Å². The molecule has 0 saturated carbocycles. The number of nitrogens with zero attached hydrogens (tertiary/aromatic N) is 5. The minimum absolute atomic E-state index is 0.00708. The van der Waals surface area contributed by atoms with Crippen LogP contribution in [0.3, 0.4) is 0 Å². The van der Waals surface area contributed by atoms with Crippen molar-refractivity contribution in [1.82, 2.24) is 9.80 Å². The highest BCUT2D eigenvalue weighted by molar-refractivity contribution is 6.15. The molecule has 0 aromatic heterocycles. The molecule has 5 rings (SSSR count). The first-order valence-electron chi connectivity index (χ1n) is 14.8. The van der Waals surface area contributed by atoms with Crippen LogP contribution in [0.15, 0.2) is 120 Å². The Morgan fingerprint density at radius 2 is 1.37 bits per heavy atom. The van der Waals surface area contributed by atoms with Gasteiger partial charge in [0.1, 0.15) is 0 Å². The SMILES string of the molecule is CC(C)CN(C(c1ccccc1)c1ccccc1)[C@@H]1C[C@@H](CN=[N+]=[N-])N(C(=O)c2ccccc2C(=O)c2ccccc2)C1. The predicted octanol–water partition coefficient (Wildman–Crippen LogP) is 7.56. The molecule has 1 fully saturated rings. The van der Waals surface area contributed by atoms with Gasteiger partial charge in [0.05, 0.1) is 11.6 Å². The highest BCUT2D eigenvalue weighted by Crippen LogP contribution is 2.36. The van der Waals surface area contributed by atoms with E-state index in [-0.39, 0.29) is 36.4 Å². The Bertz CT molecular complexity index is 1530. The first-order chi connectivity index (χ1) is 21.0. The molecule has 43 heavy (non-hydrogen) atoms. The molecule has 218 valence electrons. The van der Waals surface area contributed by atoms with E-state index in [0.29, 0.717) is 35.6 Å². The predicted molar refractivity (Wildman–Crippen MR) is 170 cm³/mol. The van der Waals surface area contributed by atoms with E-state index in [2.05, 4.69) is 77.3 Å². The molecule has 0 N–H and O–H groups in total. The topological polar surface area (TPSA) is 89.4 Å². The van der Waals surface area contributed by atoms with E-state index in [4.69, 9.17) is 0 Å². The van der Waals surface area contributed by atoms with Crippen LogP contribution in [0.5, 0.6) is 0 Å². The van der Waals surface area contributed by atoms with Gasteiger partial charge in [0.2, 0.25) is 0 Å². The maximum absolute atomic E-state index is 14.3. The third-order valence-corrected chi connectivity index (χ3v) is 8.05. The smallest absolute Gasteiger partial charge is 0.254 e. The minimum Gasteiger partial charge on any atom is -0.334 e. The van der Waals surface area contributed by atoms with E-state index in [9.17, 15) is 15.1 Å². The summed E-state index contributed by atoms with van der Waals surface area (Å²) in [4.78, 5) is 35.1. The van der Waals surface area contributed by atoms with E-state index in [1.165, 1.54) is 11.1 Å². The van der Waals surface area contributed by atoms with Gasteiger partial charge in [0.25, 0.3) is 5.91 Å². The number of benzene rings is 4. The zero-order chi connectivity index (χ0) is 30.2. The molecule has 1 aliphatic rings. The number of rotatable bonds is 11. The van der Waals surface area contributed by atoms with E-state index < -0.39 is 0 Å². The zero-order valence-electron chi connectivity index (χ0n) is 24.7. The Morgan fingerprint density at radius 1 is 0.837 bits per heavy atom. The Labute approximate surface area is 253 Å². The highest BCUT2D eigenvalue weighted by atomic mass is 16.2. The van der Waals surface area contributed by atoms with Crippen molar-refractivity contribution in [1.29, 1.82) is 0 Å². The second-order valence-electron chi connectivity index (χ2n) is 11.5. The third kappa shape index (κ3) is 6.86. The normalized spacial score (nSPS) is 16.4. The van der Waals surface area contributed by atoms with Crippen LogP contribution in [0.4, 0.5) is 0 Å². The van der Waals surface area contributed by atoms with Crippen molar-refractivity contribution in [3.05, 3.63) is 154 Å². The number of carbonyl (C=O) groups excluding carboxylic acids is 2. The fraction of sp³-hybridized carbons (Fsp3) is 0.278. The number of azide groups is 1. The first kappa shape index (κ1) is 29.8. The molecule has 1 heterocycles. The fourth-order valence-electron chi connectivity index (χ4n) is 6.19. The van der Waals surface area contributed by atoms with Crippen LogP contribution in [0, 0.1) is 5.92 Å². The molecule has 4 aromatic carbocycles. The molecule has 7 heteroatoms. The van der Waals surface area contributed by atoms with Crippen molar-refractivity contribution in [3.63, 3.8) is 0 Å². The molecule has 1 aliphatic heterocycles. The van der Waals surface area contributed by atoms with Crippen LogP contribution < -0.4 is 0 Å². The average molecular weight is 572 g/mol. The van der Waals surface area contributed by atoms with Crippen molar-refractivity contribution in [2.45, 2.75) is 38.4 Å². The molecule has 7 nitrogen and oxygen atoms in total. The van der Waals surface area contributed by atoms with Crippen molar-refractivity contribution in [3.8, 4) is 0 Å². The summed E-state index contributed by atoms with van der Waals surface area (Å²) in [5, 5.41) is 3.90. The number of carbonyl (C=O) groups is 2.